The SMILES string of the molecule is CC1=C(c2ccccc2)C(=O)N(c2ccccc2)C(c2ccccc2)O1. The maximum absolute atomic E-state index is 13.5. The molecule has 1 amide bonds. The zero-order chi connectivity index (χ0) is 17.9. The quantitative estimate of drug-likeness (QED) is 0.657. The first-order chi connectivity index (χ1) is 12.8. The van der Waals surface area contributed by atoms with E-state index in [-0.39, 0.29) is 5.91 Å². The summed E-state index contributed by atoms with van der Waals surface area (Å²) in [6.45, 7) is 1.86. The Morgan fingerprint density at radius 3 is 1.92 bits per heavy atom. The van der Waals surface area contributed by atoms with E-state index < -0.39 is 6.23 Å². The zero-order valence-electron chi connectivity index (χ0n) is 14.5. The molecule has 26 heavy (non-hydrogen) atoms. The number of ether oxygens (including phenoxy) is 1. The number of benzene rings is 3. The average Bonchev–Trinajstić information content (AvgIpc) is 2.70. The minimum Gasteiger partial charge on any atom is -0.470 e. The first-order valence-corrected chi connectivity index (χ1v) is 8.62. The van der Waals surface area contributed by atoms with Crippen molar-refractivity contribution in [1.82, 2.24) is 0 Å². The number of nitrogens with zero attached hydrogens (tertiary/aromatic N) is 1. The van der Waals surface area contributed by atoms with Gasteiger partial charge in [0, 0.05) is 11.3 Å². The van der Waals surface area contributed by atoms with Crippen LogP contribution in [0.1, 0.15) is 24.3 Å². The van der Waals surface area contributed by atoms with E-state index in [2.05, 4.69) is 0 Å². The number of carbonyl (C=O) groups excluding carboxylic acids is 1. The Bertz CT molecular complexity index is 934. The van der Waals surface area contributed by atoms with E-state index in [0.29, 0.717) is 11.3 Å². The Balaban J connectivity index is 1.86. The third-order valence-corrected chi connectivity index (χ3v) is 4.49. The number of para-hydroxylation sites is 1. The molecule has 3 aromatic carbocycles. The third-order valence-electron chi connectivity index (χ3n) is 4.49. The molecule has 1 aliphatic heterocycles. The summed E-state index contributed by atoms with van der Waals surface area (Å²) in [5.41, 5.74) is 3.22. The van der Waals surface area contributed by atoms with Gasteiger partial charge in [0.2, 0.25) is 6.23 Å². The molecule has 0 aromatic heterocycles. The first kappa shape index (κ1) is 16.2. The van der Waals surface area contributed by atoms with Crippen LogP contribution in [0.15, 0.2) is 96.8 Å². The van der Waals surface area contributed by atoms with Crippen LogP contribution in [0.2, 0.25) is 0 Å². The highest BCUT2D eigenvalue weighted by molar-refractivity contribution is 6.27. The van der Waals surface area contributed by atoms with Gasteiger partial charge >= 0.3 is 0 Å². The lowest BCUT2D eigenvalue weighted by molar-refractivity contribution is -0.117. The second-order valence-electron chi connectivity index (χ2n) is 6.19. The summed E-state index contributed by atoms with van der Waals surface area (Å²) < 4.78 is 6.26. The molecule has 1 heterocycles. The van der Waals surface area contributed by atoms with Crippen molar-refractivity contribution in [1.29, 1.82) is 0 Å². The van der Waals surface area contributed by atoms with Gasteiger partial charge in [0.1, 0.15) is 5.76 Å². The van der Waals surface area contributed by atoms with Crippen LogP contribution in [0.5, 0.6) is 0 Å². The van der Waals surface area contributed by atoms with E-state index in [0.717, 1.165) is 16.8 Å². The molecule has 0 saturated heterocycles. The van der Waals surface area contributed by atoms with Gasteiger partial charge in [-0.25, -0.2) is 0 Å². The lowest BCUT2D eigenvalue weighted by Crippen LogP contribution is -2.40. The van der Waals surface area contributed by atoms with Crippen LogP contribution in [0.4, 0.5) is 5.69 Å². The summed E-state index contributed by atoms with van der Waals surface area (Å²) in [5, 5.41) is 0. The van der Waals surface area contributed by atoms with Crippen LogP contribution in [-0.4, -0.2) is 5.91 Å². The normalized spacial score (nSPS) is 17.2. The van der Waals surface area contributed by atoms with E-state index in [1.807, 2.05) is 97.9 Å². The van der Waals surface area contributed by atoms with E-state index in [9.17, 15) is 4.79 Å². The van der Waals surface area contributed by atoms with Gasteiger partial charge < -0.3 is 4.74 Å². The van der Waals surface area contributed by atoms with Crippen LogP contribution in [0.3, 0.4) is 0 Å². The minimum absolute atomic E-state index is 0.0556. The van der Waals surface area contributed by atoms with E-state index in [4.69, 9.17) is 4.74 Å². The summed E-state index contributed by atoms with van der Waals surface area (Å²) in [6, 6.07) is 29.2. The Morgan fingerprint density at radius 1 is 0.769 bits per heavy atom. The van der Waals surface area contributed by atoms with Gasteiger partial charge in [-0.15, -0.1) is 0 Å². The van der Waals surface area contributed by atoms with Crippen molar-refractivity contribution in [3.63, 3.8) is 0 Å². The highest BCUT2D eigenvalue weighted by Crippen LogP contribution is 2.39. The molecule has 0 radical (unpaired) electrons. The topological polar surface area (TPSA) is 29.5 Å². The van der Waals surface area contributed by atoms with Crippen molar-refractivity contribution >= 4 is 17.2 Å². The van der Waals surface area contributed by atoms with Gasteiger partial charge in [0.25, 0.3) is 5.91 Å². The van der Waals surface area contributed by atoms with Crippen LogP contribution >= 0.6 is 0 Å². The summed E-state index contributed by atoms with van der Waals surface area (Å²) in [4.78, 5) is 15.2. The molecule has 4 rings (SSSR count). The molecule has 128 valence electrons. The van der Waals surface area contributed by atoms with Gasteiger partial charge in [-0.1, -0.05) is 78.9 Å². The molecule has 0 saturated carbocycles. The summed E-state index contributed by atoms with van der Waals surface area (Å²) in [6.07, 6.45) is -0.487. The smallest absolute Gasteiger partial charge is 0.265 e. The van der Waals surface area contributed by atoms with Crippen molar-refractivity contribution in [2.45, 2.75) is 13.2 Å². The predicted octanol–water partition coefficient (Wildman–Crippen LogP) is 5.18. The minimum atomic E-state index is -0.487. The number of hydrogen-bond donors (Lipinski definition) is 0. The number of anilines is 1. The maximum Gasteiger partial charge on any atom is 0.265 e. The number of hydrogen-bond acceptors (Lipinski definition) is 2. The zero-order valence-corrected chi connectivity index (χ0v) is 14.5. The van der Waals surface area contributed by atoms with Crippen molar-refractivity contribution in [3.05, 3.63) is 108 Å². The molecule has 3 nitrogen and oxygen atoms in total. The Morgan fingerprint density at radius 2 is 1.31 bits per heavy atom. The maximum atomic E-state index is 13.5. The molecule has 3 aromatic rings. The van der Waals surface area contributed by atoms with Crippen molar-refractivity contribution < 1.29 is 9.53 Å². The van der Waals surface area contributed by atoms with Crippen molar-refractivity contribution in [2.24, 2.45) is 0 Å². The van der Waals surface area contributed by atoms with Gasteiger partial charge in [-0.3, -0.25) is 9.69 Å². The average molecular weight is 341 g/mol. The second-order valence-corrected chi connectivity index (χ2v) is 6.19. The van der Waals surface area contributed by atoms with Crippen LogP contribution in [0, 0.1) is 0 Å². The molecule has 3 heteroatoms. The van der Waals surface area contributed by atoms with Gasteiger partial charge in [0.15, 0.2) is 0 Å². The largest absolute Gasteiger partial charge is 0.470 e. The van der Waals surface area contributed by atoms with E-state index in [1.165, 1.54) is 0 Å². The number of rotatable bonds is 3. The van der Waals surface area contributed by atoms with E-state index >= 15 is 0 Å². The Kier molecular flexibility index (Phi) is 4.28. The summed E-state index contributed by atoms with van der Waals surface area (Å²) >= 11 is 0. The molecular formula is C23H19NO2. The van der Waals surface area contributed by atoms with Gasteiger partial charge in [0.05, 0.1) is 5.57 Å². The second kappa shape index (κ2) is 6.89. The summed E-state index contributed by atoms with van der Waals surface area (Å²) in [7, 11) is 0. The summed E-state index contributed by atoms with van der Waals surface area (Å²) in [5.74, 6) is 0.585. The van der Waals surface area contributed by atoms with E-state index in [1.54, 1.807) is 4.90 Å². The van der Waals surface area contributed by atoms with Crippen LogP contribution < -0.4 is 4.90 Å². The molecule has 0 fully saturated rings. The molecule has 1 atom stereocenters. The number of allylic oxidation sites excluding steroid dienone is 1. The van der Waals surface area contributed by atoms with Crippen molar-refractivity contribution in [2.75, 3.05) is 4.90 Å². The number of carbonyl (C=O) groups is 1. The highest BCUT2D eigenvalue weighted by Gasteiger charge is 2.36. The van der Waals surface area contributed by atoms with Gasteiger partial charge in [-0.2, -0.15) is 0 Å². The fourth-order valence-corrected chi connectivity index (χ4v) is 3.26. The standard InChI is InChI=1S/C23H19NO2/c1-17-21(18-11-5-2-6-12-18)22(25)24(20-15-9-4-10-16-20)23(26-17)19-13-7-3-8-14-19/h2-16,23H,1H3. The molecule has 0 N–H and O–H groups in total. The predicted molar refractivity (Wildman–Crippen MR) is 103 cm³/mol. The lowest BCUT2D eigenvalue weighted by atomic mass is 10.00. The molecule has 0 bridgehead atoms. The lowest BCUT2D eigenvalue weighted by Gasteiger charge is -2.37. The first-order valence-electron chi connectivity index (χ1n) is 8.62. The Hall–Kier alpha value is -3.33. The van der Waals surface area contributed by atoms with Crippen molar-refractivity contribution in [3.8, 4) is 0 Å². The fourth-order valence-electron chi connectivity index (χ4n) is 3.26. The van der Waals surface area contributed by atoms with Crippen LogP contribution in [-0.2, 0) is 9.53 Å². The molecule has 1 unspecified atom stereocenters. The molecular weight excluding hydrogens is 322 g/mol. The molecule has 1 aliphatic rings. The molecule has 0 aliphatic carbocycles. The molecule has 0 spiro atoms. The number of amides is 1. The Labute approximate surface area is 153 Å². The highest BCUT2D eigenvalue weighted by atomic mass is 16.5. The fraction of sp³-hybridized carbons (Fsp3) is 0.0870. The van der Waals surface area contributed by atoms with Gasteiger partial charge in [-0.05, 0) is 24.6 Å². The third kappa shape index (κ3) is 2.88. The monoisotopic (exact) mass is 341 g/mol. The van der Waals surface area contributed by atoms with Crippen LogP contribution in [0.25, 0.3) is 5.57 Å².